The number of methoxy groups -OCH3 is 1. The number of rotatable bonds is 5. The maximum atomic E-state index is 12.9. The maximum Gasteiger partial charge on any atom is 0.277 e. The molecule has 3 heterocycles. The van der Waals surface area contributed by atoms with Gasteiger partial charge in [0.25, 0.3) is 5.56 Å². The predicted octanol–water partition coefficient (Wildman–Crippen LogP) is 2.63. The van der Waals surface area contributed by atoms with Crippen LogP contribution in [-0.4, -0.2) is 58.6 Å². The first-order chi connectivity index (χ1) is 15.7. The highest BCUT2D eigenvalue weighted by atomic mass is 16.5. The Morgan fingerprint density at radius 2 is 1.81 bits per heavy atom. The second-order valence-electron chi connectivity index (χ2n) is 7.93. The molecule has 1 saturated heterocycles. The normalized spacial score (nSPS) is 14.3. The lowest BCUT2D eigenvalue weighted by Crippen LogP contribution is -2.49. The van der Waals surface area contributed by atoms with E-state index in [0.29, 0.717) is 30.7 Å². The molecule has 8 nitrogen and oxygen atoms in total. The van der Waals surface area contributed by atoms with Crippen LogP contribution in [0.25, 0.3) is 21.9 Å². The van der Waals surface area contributed by atoms with Crippen LogP contribution in [0.1, 0.15) is 6.42 Å². The molecule has 2 aromatic heterocycles. The molecule has 32 heavy (non-hydrogen) atoms. The van der Waals surface area contributed by atoms with Gasteiger partial charge in [0.15, 0.2) is 0 Å². The van der Waals surface area contributed by atoms with Crippen molar-refractivity contribution in [3.05, 3.63) is 65.2 Å². The number of anilines is 1. The number of piperazine rings is 1. The van der Waals surface area contributed by atoms with Crippen LogP contribution in [-0.2, 0) is 11.3 Å². The Bertz CT molecular complexity index is 1330. The van der Waals surface area contributed by atoms with Crippen molar-refractivity contribution in [2.75, 3.05) is 38.2 Å². The van der Waals surface area contributed by atoms with Crippen molar-refractivity contribution < 1.29 is 9.53 Å². The second-order valence-corrected chi connectivity index (χ2v) is 7.93. The molecule has 1 aliphatic rings. The van der Waals surface area contributed by atoms with Gasteiger partial charge in [-0.15, -0.1) is 0 Å². The second kappa shape index (κ2) is 8.37. The number of nitrogens with zero attached hydrogens (tertiary/aromatic N) is 4. The van der Waals surface area contributed by atoms with E-state index < -0.39 is 0 Å². The molecule has 1 N–H and O–H groups in total. The number of carbonyl (C=O) groups is 1. The van der Waals surface area contributed by atoms with Crippen molar-refractivity contribution in [2.24, 2.45) is 0 Å². The molecule has 0 spiro atoms. The number of amides is 1. The van der Waals surface area contributed by atoms with E-state index in [0.717, 1.165) is 35.4 Å². The Morgan fingerprint density at radius 3 is 2.62 bits per heavy atom. The molecule has 0 radical (unpaired) electrons. The summed E-state index contributed by atoms with van der Waals surface area (Å²) in [5.74, 6) is 0.889. The van der Waals surface area contributed by atoms with Gasteiger partial charge in [0.1, 0.15) is 16.8 Å². The number of aromatic amines is 1. The molecule has 0 aliphatic carbocycles. The third-order valence-electron chi connectivity index (χ3n) is 6.10. The number of hydrogen-bond acceptors (Lipinski definition) is 5. The summed E-state index contributed by atoms with van der Waals surface area (Å²) in [7, 11) is 1.67. The van der Waals surface area contributed by atoms with Gasteiger partial charge in [-0.1, -0.05) is 30.3 Å². The summed E-state index contributed by atoms with van der Waals surface area (Å²) in [5, 5.41) is 0.927. The number of H-pyrrole nitrogens is 1. The molecule has 2 aromatic carbocycles. The minimum absolute atomic E-state index is 0.0494. The largest absolute Gasteiger partial charge is 0.495 e. The average molecular weight is 431 g/mol. The maximum absolute atomic E-state index is 12.9. The Labute approximate surface area is 185 Å². The summed E-state index contributed by atoms with van der Waals surface area (Å²) >= 11 is 0. The van der Waals surface area contributed by atoms with Gasteiger partial charge < -0.3 is 19.5 Å². The fourth-order valence-corrected chi connectivity index (χ4v) is 4.36. The fourth-order valence-electron chi connectivity index (χ4n) is 4.36. The summed E-state index contributed by atoms with van der Waals surface area (Å²) < 4.78 is 6.97. The van der Waals surface area contributed by atoms with Crippen LogP contribution >= 0.6 is 0 Å². The van der Waals surface area contributed by atoms with Crippen molar-refractivity contribution in [1.82, 2.24) is 19.4 Å². The molecule has 1 amide bonds. The minimum Gasteiger partial charge on any atom is -0.495 e. The lowest BCUT2D eigenvalue weighted by Gasteiger charge is -2.36. The highest BCUT2D eigenvalue weighted by Gasteiger charge is 2.23. The molecule has 8 heteroatoms. The van der Waals surface area contributed by atoms with Crippen LogP contribution in [0.5, 0.6) is 5.75 Å². The van der Waals surface area contributed by atoms with E-state index in [2.05, 4.69) is 14.9 Å². The zero-order valence-electron chi connectivity index (χ0n) is 18.0. The van der Waals surface area contributed by atoms with E-state index in [1.807, 2.05) is 53.4 Å². The molecule has 4 aromatic rings. The number of fused-ring (bicyclic) bond motifs is 3. The molecular formula is C24H25N5O3. The smallest absolute Gasteiger partial charge is 0.277 e. The van der Waals surface area contributed by atoms with Crippen molar-refractivity contribution in [3.8, 4) is 5.75 Å². The molecule has 164 valence electrons. The van der Waals surface area contributed by atoms with E-state index in [-0.39, 0.29) is 17.9 Å². The first-order valence-corrected chi connectivity index (χ1v) is 10.8. The molecule has 1 aliphatic heterocycles. The van der Waals surface area contributed by atoms with Crippen LogP contribution in [0.15, 0.2) is 59.7 Å². The van der Waals surface area contributed by atoms with Gasteiger partial charge in [-0.2, -0.15) is 0 Å². The number of ether oxygens (including phenoxy) is 1. The SMILES string of the molecule is COc1ccccc1N1CCN(C(=O)CCn2cnc3c([nH]c4ccccc43)c2=O)CC1. The van der Waals surface area contributed by atoms with Crippen molar-refractivity contribution in [2.45, 2.75) is 13.0 Å². The molecular weight excluding hydrogens is 406 g/mol. The van der Waals surface area contributed by atoms with Gasteiger partial charge in [0, 0.05) is 50.0 Å². The van der Waals surface area contributed by atoms with Crippen LogP contribution in [0.4, 0.5) is 5.69 Å². The van der Waals surface area contributed by atoms with Crippen LogP contribution in [0.2, 0.25) is 0 Å². The van der Waals surface area contributed by atoms with E-state index >= 15 is 0 Å². The summed E-state index contributed by atoms with van der Waals surface area (Å²) in [6, 6.07) is 15.6. The number of aryl methyl sites for hydroxylation is 1. The standard InChI is InChI=1S/C24H25N5O3/c1-32-20-9-5-4-8-19(20)27-12-14-28(15-13-27)21(30)10-11-29-16-25-22-17-6-2-3-7-18(17)26-23(22)24(29)31/h2-9,16,26H,10-15H2,1H3. The van der Waals surface area contributed by atoms with Crippen LogP contribution in [0.3, 0.4) is 0 Å². The van der Waals surface area contributed by atoms with Gasteiger partial charge in [0.05, 0.1) is 19.1 Å². The number of benzene rings is 2. The number of aromatic nitrogens is 3. The zero-order valence-corrected chi connectivity index (χ0v) is 18.0. The summed E-state index contributed by atoms with van der Waals surface area (Å²) in [6.07, 6.45) is 1.81. The van der Waals surface area contributed by atoms with Gasteiger partial charge >= 0.3 is 0 Å². The molecule has 1 fully saturated rings. The third-order valence-corrected chi connectivity index (χ3v) is 6.10. The van der Waals surface area contributed by atoms with Crippen LogP contribution in [0, 0.1) is 0 Å². The predicted molar refractivity (Wildman–Crippen MR) is 124 cm³/mol. The van der Waals surface area contributed by atoms with Crippen LogP contribution < -0.4 is 15.2 Å². The molecule has 0 saturated carbocycles. The summed E-state index contributed by atoms with van der Waals surface area (Å²) in [5.41, 5.74) is 2.92. The fraction of sp³-hybridized carbons (Fsp3) is 0.292. The first kappa shape index (κ1) is 20.1. The third kappa shape index (κ3) is 3.57. The Hall–Kier alpha value is -3.81. The Morgan fingerprint density at radius 1 is 1.06 bits per heavy atom. The van der Waals surface area contributed by atoms with Gasteiger partial charge in [-0.25, -0.2) is 4.98 Å². The average Bonchev–Trinajstić information content (AvgIpc) is 3.23. The number of carbonyl (C=O) groups excluding carboxylic acids is 1. The minimum atomic E-state index is -0.153. The highest BCUT2D eigenvalue weighted by molar-refractivity contribution is 6.04. The monoisotopic (exact) mass is 431 g/mol. The number of hydrogen-bond donors (Lipinski definition) is 1. The molecule has 5 rings (SSSR count). The lowest BCUT2D eigenvalue weighted by atomic mass is 10.2. The van der Waals surface area contributed by atoms with Gasteiger partial charge in [0.2, 0.25) is 5.91 Å². The van der Waals surface area contributed by atoms with Crippen molar-refractivity contribution in [3.63, 3.8) is 0 Å². The quantitative estimate of drug-likeness (QED) is 0.525. The number of nitrogens with one attached hydrogen (secondary N) is 1. The van der Waals surface area contributed by atoms with E-state index in [1.165, 1.54) is 10.9 Å². The van der Waals surface area contributed by atoms with Crippen molar-refractivity contribution in [1.29, 1.82) is 0 Å². The molecule has 0 atom stereocenters. The topological polar surface area (TPSA) is 83.5 Å². The summed E-state index contributed by atoms with van der Waals surface area (Å²) in [6.45, 7) is 3.09. The van der Waals surface area contributed by atoms with Gasteiger partial charge in [-0.05, 0) is 18.2 Å². The lowest BCUT2D eigenvalue weighted by molar-refractivity contribution is -0.131. The number of para-hydroxylation sites is 3. The highest BCUT2D eigenvalue weighted by Crippen LogP contribution is 2.28. The molecule has 0 unspecified atom stereocenters. The first-order valence-electron chi connectivity index (χ1n) is 10.8. The van der Waals surface area contributed by atoms with E-state index in [4.69, 9.17) is 4.74 Å². The Kier molecular flexibility index (Phi) is 5.26. The van der Waals surface area contributed by atoms with E-state index in [1.54, 1.807) is 7.11 Å². The van der Waals surface area contributed by atoms with Gasteiger partial charge in [-0.3, -0.25) is 14.2 Å². The molecule has 0 bridgehead atoms. The van der Waals surface area contributed by atoms with Crippen molar-refractivity contribution >= 4 is 33.5 Å². The van der Waals surface area contributed by atoms with E-state index in [9.17, 15) is 9.59 Å². The summed E-state index contributed by atoms with van der Waals surface area (Å²) in [4.78, 5) is 37.4. The Balaban J connectivity index is 1.24. The zero-order chi connectivity index (χ0) is 22.1.